The highest BCUT2D eigenvalue weighted by Crippen LogP contribution is 2.34. The molecule has 1 aliphatic rings. The van der Waals surface area contributed by atoms with E-state index in [1.54, 1.807) is 0 Å². The van der Waals surface area contributed by atoms with Crippen LogP contribution in [0.4, 0.5) is 0 Å². The van der Waals surface area contributed by atoms with Gasteiger partial charge < -0.3 is 9.84 Å². The smallest absolute Gasteiger partial charge is 0.353 e. The Labute approximate surface area is 102 Å². The lowest BCUT2D eigenvalue weighted by molar-refractivity contribution is -0.150. The van der Waals surface area contributed by atoms with Gasteiger partial charge in [0.05, 0.1) is 4.91 Å². The van der Waals surface area contributed by atoms with Gasteiger partial charge in [-0.2, -0.15) is 0 Å². The molecule has 5 heteroatoms. The molecule has 1 aromatic carbocycles. The van der Waals surface area contributed by atoms with Crippen molar-refractivity contribution >= 4 is 29.3 Å². The third-order valence-corrected chi connectivity index (χ3v) is 3.74. The molecule has 0 saturated heterocycles. The summed E-state index contributed by atoms with van der Waals surface area (Å²) < 4.78 is 4.56. The highest BCUT2D eigenvalue weighted by molar-refractivity contribution is 8.02. The van der Waals surface area contributed by atoms with E-state index >= 15 is 0 Å². The third-order valence-electron chi connectivity index (χ3n) is 2.08. The molecule has 1 aliphatic heterocycles. The Hall–Kier alpha value is -0.970. The average Bonchev–Trinajstić information content (AvgIpc) is 2.53. The zero-order chi connectivity index (χ0) is 11.5. The lowest BCUT2D eigenvalue weighted by Crippen LogP contribution is -2.08. The van der Waals surface area contributed by atoms with Crippen LogP contribution in [-0.2, 0) is 15.3 Å². The number of carbonyl (C=O) groups excluding carboxylic acids is 1. The molecule has 1 N–H and O–H groups in total. The summed E-state index contributed by atoms with van der Waals surface area (Å²) in [7, 11) is 0. The van der Waals surface area contributed by atoms with E-state index in [0.29, 0.717) is 10.7 Å². The molecule has 84 valence electrons. The summed E-state index contributed by atoms with van der Waals surface area (Å²) >= 11 is 7.02. The van der Waals surface area contributed by atoms with Crippen molar-refractivity contribution in [3.8, 4) is 0 Å². The number of aliphatic hydroxyl groups excluding tert-OH is 1. The SMILES string of the molecule is O=C1O[C@@H](O)C(SCc2ccccc2)=C1Cl. The van der Waals surface area contributed by atoms with Crippen molar-refractivity contribution in [2.24, 2.45) is 0 Å². The summed E-state index contributed by atoms with van der Waals surface area (Å²) in [5.74, 6) is -0.0233. The van der Waals surface area contributed by atoms with Gasteiger partial charge in [0, 0.05) is 5.75 Å². The van der Waals surface area contributed by atoms with Crippen LogP contribution in [0.25, 0.3) is 0 Å². The van der Waals surface area contributed by atoms with E-state index in [2.05, 4.69) is 4.74 Å². The summed E-state index contributed by atoms with van der Waals surface area (Å²) in [5.41, 5.74) is 1.09. The van der Waals surface area contributed by atoms with Gasteiger partial charge >= 0.3 is 5.97 Å². The quantitative estimate of drug-likeness (QED) is 0.843. The topological polar surface area (TPSA) is 46.5 Å². The molecular weight excluding hydrogens is 248 g/mol. The molecule has 0 amide bonds. The Morgan fingerprint density at radius 2 is 2.06 bits per heavy atom. The van der Waals surface area contributed by atoms with Gasteiger partial charge in [0.2, 0.25) is 6.29 Å². The lowest BCUT2D eigenvalue weighted by atomic mass is 10.2. The fourth-order valence-corrected chi connectivity index (χ4v) is 2.50. The zero-order valence-electron chi connectivity index (χ0n) is 8.22. The maximum absolute atomic E-state index is 11.0. The Balaban J connectivity index is 2.04. The van der Waals surface area contributed by atoms with Crippen LogP contribution in [0.15, 0.2) is 40.3 Å². The molecule has 1 atom stereocenters. The van der Waals surface area contributed by atoms with Crippen LogP contribution >= 0.6 is 23.4 Å². The summed E-state index contributed by atoms with van der Waals surface area (Å²) in [6, 6.07) is 9.71. The van der Waals surface area contributed by atoms with Crippen LogP contribution in [-0.4, -0.2) is 17.4 Å². The van der Waals surface area contributed by atoms with Gasteiger partial charge in [0.1, 0.15) is 5.03 Å². The van der Waals surface area contributed by atoms with Crippen molar-refractivity contribution in [3.63, 3.8) is 0 Å². The van der Waals surface area contributed by atoms with Gasteiger partial charge in [0.25, 0.3) is 0 Å². The molecule has 16 heavy (non-hydrogen) atoms. The van der Waals surface area contributed by atoms with Gasteiger partial charge in [-0.3, -0.25) is 0 Å². The Kier molecular flexibility index (Phi) is 3.53. The number of thioether (sulfide) groups is 1. The number of cyclic esters (lactones) is 1. The minimum Gasteiger partial charge on any atom is -0.427 e. The van der Waals surface area contributed by atoms with Crippen LogP contribution in [0.2, 0.25) is 0 Å². The fraction of sp³-hybridized carbons (Fsp3) is 0.182. The van der Waals surface area contributed by atoms with E-state index in [1.807, 2.05) is 30.3 Å². The summed E-state index contributed by atoms with van der Waals surface area (Å²) in [6.45, 7) is 0. The number of aliphatic hydroxyl groups is 1. The molecule has 0 fully saturated rings. The predicted molar refractivity (Wildman–Crippen MR) is 62.7 cm³/mol. The molecule has 0 saturated carbocycles. The number of halogens is 1. The maximum Gasteiger partial charge on any atom is 0.353 e. The first-order valence-corrected chi connectivity index (χ1v) is 6.00. The van der Waals surface area contributed by atoms with Gasteiger partial charge in [-0.05, 0) is 5.56 Å². The Bertz CT molecular complexity index is 430. The van der Waals surface area contributed by atoms with E-state index in [0.717, 1.165) is 5.56 Å². The molecule has 0 spiro atoms. The van der Waals surface area contributed by atoms with Crippen LogP contribution in [0, 0.1) is 0 Å². The number of hydrogen-bond acceptors (Lipinski definition) is 4. The molecule has 0 radical (unpaired) electrons. The number of ether oxygens (including phenoxy) is 1. The summed E-state index contributed by atoms with van der Waals surface area (Å²) in [5, 5.41) is 9.38. The zero-order valence-corrected chi connectivity index (χ0v) is 9.79. The largest absolute Gasteiger partial charge is 0.427 e. The average molecular weight is 257 g/mol. The van der Waals surface area contributed by atoms with Crippen LogP contribution in [0.3, 0.4) is 0 Å². The number of esters is 1. The summed E-state index contributed by atoms with van der Waals surface area (Å²) in [6.07, 6.45) is -1.21. The first-order chi connectivity index (χ1) is 7.68. The molecule has 3 nitrogen and oxygen atoms in total. The van der Waals surface area contributed by atoms with E-state index in [-0.39, 0.29) is 5.03 Å². The molecule has 1 aromatic rings. The van der Waals surface area contributed by atoms with Crippen LogP contribution in [0.1, 0.15) is 5.56 Å². The predicted octanol–water partition coefficient (Wildman–Crippen LogP) is 2.25. The Morgan fingerprint density at radius 1 is 1.38 bits per heavy atom. The molecule has 0 aromatic heterocycles. The first-order valence-electron chi connectivity index (χ1n) is 4.64. The number of carbonyl (C=O) groups is 1. The van der Waals surface area contributed by atoms with Crippen LogP contribution in [0.5, 0.6) is 0 Å². The van der Waals surface area contributed by atoms with Gasteiger partial charge in [-0.1, -0.05) is 41.9 Å². The molecule has 1 heterocycles. The molecule has 0 bridgehead atoms. The van der Waals surface area contributed by atoms with Crippen LogP contribution < -0.4 is 0 Å². The number of benzene rings is 1. The molecular formula is C11H9ClO3S. The summed E-state index contributed by atoms with van der Waals surface area (Å²) in [4.78, 5) is 11.4. The maximum atomic E-state index is 11.0. The Morgan fingerprint density at radius 3 is 2.62 bits per heavy atom. The highest BCUT2D eigenvalue weighted by atomic mass is 35.5. The minimum atomic E-state index is -1.21. The number of hydrogen-bond donors (Lipinski definition) is 1. The van der Waals surface area contributed by atoms with Gasteiger partial charge in [0.15, 0.2) is 0 Å². The highest BCUT2D eigenvalue weighted by Gasteiger charge is 2.31. The van der Waals surface area contributed by atoms with Crippen molar-refractivity contribution in [1.82, 2.24) is 0 Å². The molecule has 0 aliphatic carbocycles. The second-order valence-electron chi connectivity index (χ2n) is 3.21. The minimum absolute atomic E-state index is 0.0200. The van der Waals surface area contributed by atoms with E-state index in [1.165, 1.54) is 11.8 Å². The van der Waals surface area contributed by atoms with Crippen molar-refractivity contribution in [3.05, 3.63) is 45.8 Å². The van der Waals surface area contributed by atoms with Crippen molar-refractivity contribution in [2.75, 3.05) is 0 Å². The van der Waals surface area contributed by atoms with Crippen molar-refractivity contribution in [1.29, 1.82) is 0 Å². The second-order valence-corrected chi connectivity index (χ2v) is 4.61. The van der Waals surface area contributed by atoms with E-state index in [9.17, 15) is 9.90 Å². The van der Waals surface area contributed by atoms with Gasteiger partial charge in [-0.15, -0.1) is 11.8 Å². The fourth-order valence-electron chi connectivity index (χ4n) is 1.29. The standard InChI is InChI=1S/C11H9ClO3S/c12-8-9(11(14)15-10(8)13)16-6-7-4-2-1-3-5-7/h1-5,11,14H,6H2/t11-/m1/s1. The molecule has 2 rings (SSSR count). The monoisotopic (exact) mass is 256 g/mol. The lowest BCUT2D eigenvalue weighted by Gasteiger charge is -2.06. The normalized spacial score (nSPS) is 20.1. The van der Waals surface area contributed by atoms with Crippen molar-refractivity contribution in [2.45, 2.75) is 12.0 Å². The van der Waals surface area contributed by atoms with Crippen molar-refractivity contribution < 1.29 is 14.6 Å². The third kappa shape index (κ3) is 2.40. The van der Waals surface area contributed by atoms with E-state index in [4.69, 9.17) is 11.6 Å². The number of rotatable bonds is 3. The second kappa shape index (κ2) is 4.91. The van der Waals surface area contributed by atoms with E-state index < -0.39 is 12.3 Å². The first kappa shape index (κ1) is 11.5. The van der Waals surface area contributed by atoms with Gasteiger partial charge in [-0.25, -0.2) is 4.79 Å². The molecule has 0 unspecified atom stereocenters.